The topological polar surface area (TPSA) is 22.0 Å². The molecule has 0 aliphatic carbocycles. The van der Waals surface area contributed by atoms with Crippen molar-refractivity contribution in [2.45, 2.75) is 45.0 Å². The number of ketones is 1. The first kappa shape index (κ1) is 14.0. The Bertz CT molecular complexity index is 447. The van der Waals surface area contributed by atoms with Crippen molar-refractivity contribution in [2.75, 3.05) is 11.5 Å². The summed E-state index contributed by atoms with van der Waals surface area (Å²) >= 11 is 7.94. The highest BCUT2D eigenvalue weighted by atomic mass is 35.5. The summed E-state index contributed by atoms with van der Waals surface area (Å²) in [6.45, 7) is 5.87. The predicted molar refractivity (Wildman–Crippen MR) is 79.1 cm³/mol. The molecule has 1 unspecified atom stereocenters. The molecular weight excluding hydrogens is 266 g/mol. The van der Waals surface area contributed by atoms with Gasteiger partial charge in [-0.25, -0.2) is 0 Å². The number of aromatic nitrogens is 1. The number of hydrogen-bond donors (Lipinski definition) is 0. The van der Waals surface area contributed by atoms with E-state index in [1.165, 1.54) is 30.0 Å². The van der Waals surface area contributed by atoms with E-state index in [-0.39, 0.29) is 5.78 Å². The normalized spacial score (nSPS) is 18.9. The number of carbonyl (C=O) groups is 1. The van der Waals surface area contributed by atoms with Gasteiger partial charge in [0.05, 0.1) is 5.38 Å². The third-order valence-corrected chi connectivity index (χ3v) is 4.91. The molecule has 2 rings (SSSR count). The Balaban J connectivity index is 2.34. The van der Waals surface area contributed by atoms with Crippen LogP contribution in [0.15, 0.2) is 6.07 Å². The van der Waals surface area contributed by atoms with Gasteiger partial charge in [0.2, 0.25) is 0 Å². The van der Waals surface area contributed by atoms with Gasteiger partial charge in [-0.15, -0.1) is 11.6 Å². The molecule has 1 aliphatic rings. The van der Waals surface area contributed by atoms with Gasteiger partial charge in [0.15, 0.2) is 5.78 Å². The molecule has 2 heterocycles. The minimum absolute atomic E-state index is 0.0428. The first-order chi connectivity index (χ1) is 8.52. The van der Waals surface area contributed by atoms with Crippen molar-refractivity contribution in [1.29, 1.82) is 0 Å². The molecule has 100 valence electrons. The Hall–Kier alpha value is -0.410. The highest BCUT2D eigenvalue weighted by Crippen LogP contribution is 2.31. The molecule has 0 spiro atoms. The fourth-order valence-electron chi connectivity index (χ4n) is 2.75. The SMILES string of the molecule is Cc1cc(C(=O)C(C)Cl)c(C)n1C1CCSCC1. The van der Waals surface area contributed by atoms with Crippen molar-refractivity contribution in [3.63, 3.8) is 0 Å². The lowest BCUT2D eigenvalue weighted by Gasteiger charge is -2.26. The van der Waals surface area contributed by atoms with Gasteiger partial charge in [-0.1, -0.05) is 0 Å². The minimum atomic E-state index is -0.444. The maximum atomic E-state index is 12.1. The average molecular weight is 286 g/mol. The monoisotopic (exact) mass is 285 g/mol. The summed E-state index contributed by atoms with van der Waals surface area (Å²) in [6.07, 6.45) is 2.40. The summed E-state index contributed by atoms with van der Waals surface area (Å²) in [5, 5.41) is -0.444. The lowest BCUT2D eigenvalue weighted by Crippen LogP contribution is -2.18. The Morgan fingerprint density at radius 3 is 2.61 bits per heavy atom. The zero-order valence-corrected chi connectivity index (χ0v) is 12.8. The molecule has 18 heavy (non-hydrogen) atoms. The maximum Gasteiger partial charge on any atom is 0.182 e. The highest BCUT2D eigenvalue weighted by Gasteiger charge is 2.24. The molecule has 1 fully saturated rings. The number of halogens is 1. The van der Waals surface area contributed by atoms with Crippen molar-refractivity contribution < 1.29 is 4.79 Å². The lowest BCUT2D eigenvalue weighted by atomic mass is 10.1. The second-order valence-electron chi connectivity index (χ2n) is 4.98. The largest absolute Gasteiger partial charge is 0.345 e. The van der Waals surface area contributed by atoms with E-state index in [1.807, 2.05) is 24.8 Å². The quantitative estimate of drug-likeness (QED) is 0.619. The average Bonchev–Trinajstić information content (AvgIpc) is 2.65. The van der Waals surface area contributed by atoms with Crippen LogP contribution < -0.4 is 0 Å². The fourth-order valence-corrected chi connectivity index (χ4v) is 3.95. The number of carbonyl (C=O) groups excluding carboxylic acids is 1. The van der Waals surface area contributed by atoms with Crippen molar-refractivity contribution in [3.8, 4) is 0 Å². The first-order valence-electron chi connectivity index (χ1n) is 6.46. The zero-order chi connectivity index (χ0) is 13.3. The highest BCUT2D eigenvalue weighted by molar-refractivity contribution is 7.99. The van der Waals surface area contributed by atoms with Crippen LogP contribution >= 0.6 is 23.4 Å². The van der Waals surface area contributed by atoms with Crippen LogP contribution in [0.2, 0.25) is 0 Å². The van der Waals surface area contributed by atoms with Gasteiger partial charge in [-0.3, -0.25) is 4.79 Å². The van der Waals surface area contributed by atoms with Crippen LogP contribution in [-0.4, -0.2) is 27.2 Å². The lowest BCUT2D eigenvalue weighted by molar-refractivity contribution is 0.0991. The first-order valence-corrected chi connectivity index (χ1v) is 8.06. The molecule has 4 heteroatoms. The molecule has 1 atom stereocenters. The summed E-state index contributed by atoms with van der Waals surface area (Å²) in [7, 11) is 0. The number of hydrogen-bond acceptors (Lipinski definition) is 2. The Labute approximate surface area is 118 Å². The third kappa shape index (κ3) is 2.62. The predicted octanol–water partition coefficient (Wildman–Crippen LogP) is 3.98. The van der Waals surface area contributed by atoms with E-state index < -0.39 is 5.38 Å². The molecule has 1 aromatic rings. The molecular formula is C14H20ClNOS. The van der Waals surface area contributed by atoms with Crippen LogP contribution in [0.4, 0.5) is 0 Å². The molecule has 1 aliphatic heterocycles. The van der Waals surface area contributed by atoms with Gasteiger partial charge >= 0.3 is 0 Å². The van der Waals surface area contributed by atoms with E-state index in [9.17, 15) is 4.79 Å². The molecule has 0 radical (unpaired) electrons. The molecule has 1 saturated heterocycles. The standard InChI is InChI=1S/C14H20ClNOS/c1-9-8-13(14(17)10(2)15)11(3)16(9)12-4-6-18-7-5-12/h8,10,12H,4-7H2,1-3H3. The second-order valence-corrected chi connectivity index (χ2v) is 6.86. The Morgan fingerprint density at radius 1 is 1.44 bits per heavy atom. The van der Waals surface area contributed by atoms with E-state index in [0.29, 0.717) is 6.04 Å². The Morgan fingerprint density at radius 2 is 2.06 bits per heavy atom. The molecule has 0 N–H and O–H groups in total. The summed E-state index contributed by atoms with van der Waals surface area (Å²) in [5.74, 6) is 2.48. The molecule has 0 saturated carbocycles. The van der Waals surface area contributed by atoms with Crippen LogP contribution in [0.5, 0.6) is 0 Å². The van der Waals surface area contributed by atoms with Crippen LogP contribution in [-0.2, 0) is 0 Å². The molecule has 0 aromatic carbocycles. The number of thioether (sulfide) groups is 1. The summed E-state index contributed by atoms with van der Waals surface area (Å²) in [6, 6.07) is 2.55. The smallest absolute Gasteiger partial charge is 0.182 e. The Kier molecular flexibility index (Phi) is 4.44. The number of nitrogens with zero attached hydrogens (tertiary/aromatic N) is 1. The van der Waals surface area contributed by atoms with E-state index in [2.05, 4.69) is 11.5 Å². The van der Waals surface area contributed by atoms with Crippen LogP contribution in [0, 0.1) is 13.8 Å². The van der Waals surface area contributed by atoms with Gasteiger partial charge < -0.3 is 4.57 Å². The van der Waals surface area contributed by atoms with E-state index in [1.54, 1.807) is 6.92 Å². The molecule has 0 bridgehead atoms. The number of Topliss-reactive ketones (excluding diaryl/α,β-unsaturated/α-hetero) is 1. The maximum absolute atomic E-state index is 12.1. The summed E-state index contributed by atoms with van der Waals surface area (Å²) in [4.78, 5) is 12.1. The molecule has 2 nitrogen and oxygen atoms in total. The van der Waals surface area contributed by atoms with Gasteiger partial charge in [0, 0.05) is 23.0 Å². The molecule has 0 amide bonds. The van der Waals surface area contributed by atoms with Crippen molar-refractivity contribution in [2.24, 2.45) is 0 Å². The van der Waals surface area contributed by atoms with E-state index >= 15 is 0 Å². The van der Waals surface area contributed by atoms with Crippen molar-refractivity contribution in [3.05, 3.63) is 23.0 Å². The van der Waals surface area contributed by atoms with Crippen molar-refractivity contribution >= 4 is 29.1 Å². The molecule has 1 aromatic heterocycles. The van der Waals surface area contributed by atoms with Crippen LogP contribution in [0.25, 0.3) is 0 Å². The zero-order valence-electron chi connectivity index (χ0n) is 11.2. The van der Waals surface area contributed by atoms with E-state index in [4.69, 9.17) is 11.6 Å². The summed E-state index contributed by atoms with van der Waals surface area (Å²) in [5.41, 5.74) is 3.07. The number of rotatable bonds is 3. The van der Waals surface area contributed by atoms with Gasteiger partial charge in [0.1, 0.15) is 0 Å². The number of aryl methyl sites for hydroxylation is 1. The third-order valence-electron chi connectivity index (χ3n) is 3.67. The number of alkyl halides is 1. The van der Waals surface area contributed by atoms with Crippen LogP contribution in [0.1, 0.15) is 47.6 Å². The van der Waals surface area contributed by atoms with E-state index in [0.717, 1.165) is 11.3 Å². The minimum Gasteiger partial charge on any atom is -0.345 e. The van der Waals surface area contributed by atoms with Gasteiger partial charge in [-0.05, 0) is 51.2 Å². The van der Waals surface area contributed by atoms with Crippen molar-refractivity contribution in [1.82, 2.24) is 4.57 Å². The van der Waals surface area contributed by atoms with Gasteiger partial charge in [0.25, 0.3) is 0 Å². The fraction of sp³-hybridized carbons (Fsp3) is 0.643. The van der Waals surface area contributed by atoms with Crippen LogP contribution in [0.3, 0.4) is 0 Å². The van der Waals surface area contributed by atoms with Gasteiger partial charge in [-0.2, -0.15) is 11.8 Å². The summed E-state index contributed by atoms with van der Waals surface area (Å²) < 4.78 is 2.34. The second kappa shape index (κ2) is 5.70.